The predicted molar refractivity (Wildman–Crippen MR) is 265 cm³/mol. The number of anilines is 3. The van der Waals surface area contributed by atoms with E-state index < -0.39 is 139 Å². The maximum atomic E-state index is 14.7. The molecule has 0 aliphatic carbocycles. The van der Waals surface area contributed by atoms with Crippen LogP contribution in [0.5, 0.6) is 0 Å². The van der Waals surface area contributed by atoms with Crippen LogP contribution in [0.15, 0.2) is 86.9 Å². The molecule has 6 heterocycles. The number of aliphatic hydroxyl groups is 3. The Morgan fingerprint density at radius 3 is 1.14 bits per heavy atom. The Bertz CT molecular complexity index is 3030. The van der Waals surface area contributed by atoms with Gasteiger partial charge in [-0.15, -0.1) is 34.8 Å². The zero-order valence-electron chi connectivity index (χ0n) is 39.0. The average Bonchev–Trinajstić information content (AvgIpc) is 3.81. The molecule has 0 saturated carbocycles. The normalized spacial score (nSPS) is 31.4. The number of hydrogen-bond donors (Lipinski definition) is 12. The summed E-state index contributed by atoms with van der Waals surface area (Å²) in [7, 11) is -23.8. The maximum absolute atomic E-state index is 14.7. The van der Waals surface area contributed by atoms with Crippen molar-refractivity contribution in [1.29, 1.82) is 0 Å². The van der Waals surface area contributed by atoms with Gasteiger partial charge in [-0.2, -0.15) is 19.3 Å². The number of aromatic nitrogens is 6. The number of halogens is 6. The van der Waals surface area contributed by atoms with E-state index in [2.05, 4.69) is 23.6 Å². The maximum Gasteiger partial charge on any atom is 0.488 e. The van der Waals surface area contributed by atoms with Gasteiger partial charge in [0.25, 0.3) is 0 Å². The Kier molecular flexibility index (Phi) is 21.5. The second-order valence-corrected chi connectivity index (χ2v) is 26.8. The van der Waals surface area contributed by atoms with Gasteiger partial charge in [-0.3, -0.25) is 22.8 Å². The fraction of sp³-hybridized carbons (Fsp3) is 0.486. The van der Waals surface area contributed by atoms with Gasteiger partial charge in [0.05, 0.1) is 17.6 Å². The van der Waals surface area contributed by atoms with Crippen molar-refractivity contribution >= 4 is 90.2 Å². The van der Waals surface area contributed by atoms with Gasteiger partial charge in [-0.25, -0.2) is 41.0 Å². The number of nitrogens with two attached hydrogens (primary N) is 3. The highest BCUT2D eigenvalue weighted by Crippen LogP contribution is 2.66. The second-order valence-electron chi connectivity index (χ2n) is 16.7. The quantitative estimate of drug-likeness (QED) is 0.0698. The van der Waals surface area contributed by atoms with Crippen LogP contribution in [0.2, 0.25) is 0 Å². The van der Waals surface area contributed by atoms with Gasteiger partial charge in [-0.1, -0.05) is 0 Å². The Morgan fingerprint density at radius 1 is 0.584 bits per heavy atom. The highest BCUT2D eigenvalue weighted by atomic mass is 35.5. The molecule has 0 spiro atoms. The summed E-state index contributed by atoms with van der Waals surface area (Å²) in [5.41, 5.74) is 7.57. The third kappa shape index (κ3) is 16.8. The largest absolute Gasteiger partial charge is 0.488 e. The molecule has 0 radical (unpaired) electrons. The molecule has 3 aliphatic heterocycles. The SMILES string of the molecule is CP(C)(=O)/C=C/[C@@]1(CCl)O[C@@H](n2ccc(N)nc2=O)[C@H](F)[C@@H]1O.Nc1ccn([C@@H]2O[C@@](/C=C/P(=O)(O)O)(CCl)[C@@H](O)[C@H]2F)c(=O)n1.Nc1ccn([C@@H]2O[C@@](/C=C/P(=O)(O)OP(=O)(O)OP(=O)(O)O)(CCl)[C@@H](O)[C@H]2F)c(=O)n1. The fourth-order valence-corrected chi connectivity index (χ4v) is 12.1. The van der Waals surface area contributed by atoms with E-state index in [0.29, 0.717) is 16.5 Å². The molecule has 31 nitrogen and oxygen atoms in total. The summed E-state index contributed by atoms with van der Waals surface area (Å²) in [5.74, 6) is 0.167. The molecular weight excluding hydrogens is 1220 g/mol. The standard InChI is InChI=1S/C13H18ClFN3O4P.C11H16ClFN3O12P3.C11H14ClFN3O6P/c1-23(2,21)6-4-13(7-14)10(19)9(15)11(22-13)18-5-3-8(16)17-12(18)20;12-5-11(2-4-29(19,20)27-31(24,25)28-30(21,22)23)8(17)7(13)9(26-11)16-3-1-6(14)15-10(16)18;12-5-11(2-4-23(19,20)21)8(17)7(13)9(22-11)16-3-1-6(14)15-10(16)18/h3-6,9-11,19H,7H2,1-2H3,(H2,16,17,20);1-4,7-9,17H,5H2,(H,19,20)(H,24,25)(H2,14,15,18)(H2,21,22,23);1-4,7-9,17H,5H2,(H2,14,15,18)(H2,19,20,21)/b6-4+;2*4-2+/t9-,10+,11-,13+;2*7-,8+,9-,11+/m111/s1. The predicted octanol–water partition coefficient (Wildman–Crippen LogP) is 0.846. The summed E-state index contributed by atoms with van der Waals surface area (Å²) in [6.07, 6.45) is -10.7. The molecular formula is C35H48Cl3F3N9O22P5. The minimum Gasteiger partial charge on any atom is -0.386 e. The molecule has 3 aromatic rings. The topological polar surface area (TPSA) is 496 Å². The molecule has 14 atom stereocenters. The first-order valence-electron chi connectivity index (χ1n) is 20.8. The molecule has 3 saturated heterocycles. The van der Waals surface area contributed by atoms with Gasteiger partial charge in [0, 0.05) is 30.2 Å². The molecule has 3 aliphatic rings. The highest BCUT2D eigenvalue weighted by molar-refractivity contribution is 7.69. The number of rotatable bonds is 16. The van der Waals surface area contributed by atoms with Crippen molar-refractivity contribution in [1.82, 2.24) is 28.7 Å². The number of nitrogens with zero attached hydrogens (tertiary/aromatic N) is 6. The van der Waals surface area contributed by atoms with Crippen LogP contribution in [0, 0.1) is 0 Å². The lowest BCUT2D eigenvalue weighted by Gasteiger charge is -2.26. The van der Waals surface area contributed by atoms with Crippen LogP contribution in [0.3, 0.4) is 0 Å². The van der Waals surface area contributed by atoms with E-state index >= 15 is 0 Å². The van der Waals surface area contributed by atoms with Gasteiger partial charge < -0.3 is 80.7 Å². The molecule has 432 valence electrons. The van der Waals surface area contributed by atoms with Crippen molar-refractivity contribution in [2.24, 2.45) is 0 Å². The number of aliphatic hydroxyl groups excluding tert-OH is 3. The Hall–Kier alpha value is -3.49. The first-order chi connectivity index (χ1) is 35.2. The smallest absolute Gasteiger partial charge is 0.386 e. The van der Waals surface area contributed by atoms with Crippen LogP contribution < -0.4 is 34.3 Å². The van der Waals surface area contributed by atoms with E-state index in [9.17, 15) is 70.6 Å². The van der Waals surface area contributed by atoms with Gasteiger partial charge in [0.2, 0.25) is 0 Å². The Morgan fingerprint density at radius 2 is 0.883 bits per heavy atom. The molecule has 0 amide bonds. The van der Waals surface area contributed by atoms with Crippen LogP contribution in [0.1, 0.15) is 18.7 Å². The van der Waals surface area contributed by atoms with Gasteiger partial charge >= 0.3 is 47.9 Å². The summed E-state index contributed by atoms with van der Waals surface area (Å²) in [4.78, 5) is 99.4. The van der Waals surface area contributed by atoms with Crippen molar-refractivity contribution < 1.29 is 104 Å². The molecule has 3 fully saturated rings. The van der Waals surface area contributed by atoms with Gasteiger partial charge in [0.15, 0.2) is 37.2 Å². The van der Waals surface area contributed by atoms with E-state index in [4.69, 9.17) is 90.7 Å². The van der Waals surface area contributed by atoms with Crippen LogP contribution in [0.4, 0.5) is 30.6 Å². The van der Waals surface area contributed by atoms with Crippen molar-refractivity contribution in [3.05, 3.63) is 104 Å². The third-order valence-corrected chi connectivity index (χ3v) is 17.1. The second kappa shape index (κ2) is 25.1. The summed E-state index contributed by atoms with van der Waals surface area (Å²) in [6.45, 7) is 3.01. The van der Waals surface area contributed by atoms with Crippen molar-refractivity contribution in [3.63, 3.8) is 0 Å². The zero-order chi connectivity index (χ0) is 58.7. The lowest BCUT2D eigenvalue weighted by Crippen LogP contribution is -2.42. The lowest BCUT2D eigenvalue weighted by atomic mass is 9.98. The number of alkyl halides is 6. The summed E-state index contributed by atoms with van der Waals surface area (Å²) >= 11 is 17.3. The molecule has 42 heteroatoms. The van der Waals surface area contributed by atoms with Crippen molar-refractivity contribution in [2.45, 2.75) is 72.3 Å². The number of nitrogen functional groups attached to an aromatic ring is 3. The van der Waals surface area contributed by atoms with Gasteiger partial charge in [-0.05, 0) is 55.6 Å². The van der Waals surface area contributed by atoms with Crippen LogP contribution in [0.25, 0.3) is 0 Å². The van der Waals surface area contributed by atoms with Gasteiger partial charge in [0.1, 0.15) is 59.7 Å². The first-order valence-corrected chi connectivity index (χ1v) is 31.4. The molecule has 15 N–H and O–H groups in total. The number of phosphoric acid groups is 2. The monoisotopic (exact) mass is 1260 g/mol. The zero-order valence-corrected chi connectivity index (χ0v) is 45.7. The number of ether oxygens (including phenoxy) is 3. The number of hydrogen-bond acceptors (Lipinski definition) is 22. The van der Waals surface area contributed by atoms with E-state index in [1.54, 1.807) is 0 Å². The minimum absolute atomic E-state index is 0.0124. The molecule has 0 bridgehead atoms. The van der Waals surface area contributed by atoms with Crippen LogP contribution in [-0.4, -0.2) is 158 Å². The van der Waals surface area contributed by atoms with E-state index in [1.807, 2.05) is 0 Å². The Balaban J connectivity index is 0.000000254. The van der Waals surface area contributed by atoms with Crippen molar-refractivity contribution in [3.8, 4) is 0 Å². The first kappa shape index (κ1) is 66.0. The molecule has 6 rings (SSSR count). The van der Waals surface area contributed by atoms with E-state index in [-0.39, 0.29) is 29.2 Å². The summed E-state index contributed by atoms with van der Waals surface area (Å²) in [6, 6.07) is 3.68. The lowest BCUT2D eigenvalue weighted by molar-refractivity contribution is -0.0608. The molecule has 2 unspecified atom stereocenters. The highest BCUT2D eigenvalue weighted by Gasteiger charge is 2.57. The average molecular weight is 1270 g/mol. The fourth-order valence-electron chi connectivity index (χ4n) is 6.80. The van der Waals surface area contributed by atoms with E-state index in [1.165, 1.54) is 43.6 Å². The summed E-state index contributed by atoms with van der Waals surface area (Å²) < 4.78 is 126. The van der Waals surface area contributed by atoms with Crippen molar-refractivity contribution in [2.75, 3.05) is 48.2 Å². The molecule has 0 aromatic carbocycles. The van der Waals surface area contributed by atoms with Crippen LogP contribution >= 0.6 is 72.8 Å². The molecule has 3 aromatic heterocycles. The van der Waals surface area contributed by atoms with Crippen LogP contribution in [-0.2, 0) is 45.7 Å². The third-order valence-electron chi connectivity index (χ3n) is 10.5. The molecule has 77 heavy (non-hydrogen) atoms. The Labute approximate surface area is 445 Å². The summed E-state index contributed by atoms with van der Waals surface area (Å²) in [5, 5.41) is 30.5. The minimum atomic E-state index is -5.73. The van der Waals surface area contributed by atoms with E-state index in [0.717, 1.165) is 33.7 Å².